The Bertz CT molecular complexity index is 346. The van der Waals surface area contributed by atoms with Gasteiger partial charge in [0.25, 0.3) is 0 Å². The number of hydrogen-bond donors (Lipinski definition) is 0. The zero-order valence-electron chi connectivity index (χ0n) is 10.4. The van der Waals surface area contributed by atoms with E-state index in [1.54, 1.807) is 11.8 Å². The minimum atomic E-state index is 0.121. The van der Waals surface area contributed by atoms with Gasteiger partial charge in [0.2, 0.25) is 0 Å². The van der Waals surface area contributed by atoms with Crippen LogP contribution in [-0.4, -0.2) is 29.6 Å². The molecule has 0 aliphatic rings. The molecule has 0 N–H and O–H groups in total. The van der Waals surface area contributed by atoms with E-state index in [0.717, 1.165) is 17.9 Å². The minimum absolute atomic E-state index is 0.121. The predicted octanol–water partition coefficient (Wildman–Crippen LogP) is 1.70. The van der Waals surface area contributed by atoms with Gasteiger partial charge in [0, 0.05) is 7.05 Å². The van der Waals surface area contributed by atoms with Gasteiger partial charge in [-0.2, -0.15) is 5.10 Å². The van der Waals surface area contributed by atoms with Crippen molar-refractivity contribution in [2.75, 3.05) is 18.5 Å². The standard InChI is InChI=1S/C12H19N3O/c1-9(2)7-11-5-6-12(14-13-11)15(4)8-10(3)16/h5-6,9H,7-8H2,1-4H3. The van der Waals surface area contributed by atoms with Gasteiger partial charge in [-0.1, -0.05) is 13.8 Å². The quantitative estimate of drug-likeness (QED) is 0.759. The molecule has 88 valence electrons. The molecule has 0 fully saturated rings. The van der Waals surface area contributed by atoms with Gasteiger partial charge in [-0.15, -0.1) is 5.10 Å². The van der Waals surface area contributed by atoms with Crippen molar-refractivity contribution in [1.29, 1.82) is 0 Å². The summed E-state index contributed by atoms with van der Waals surface area (Å²) in [4.78, 5) is 12.8. The molecule has 0 atom stereocenters. The minimum Gasteiger partial charge on any atom is -0.351 e. The average molecular weight is 221 g/mol. The van der Waals surface area contributed by atoms with Crippen molar-refractivity contribution in [2.24, 2.45) is 5.92 Å². The van der Waals surface area contributed by atoms with E-state index < -0.39 is 0 Å². The van der Waals surface area contributed by atoms with Gasteiger partial charge < -0.3 is 4.90 Å². The molecule has 0 radical (unpaired) electrons. The molecule has 0 spiro atoms. The van der Waals surface area contributed by atoms with Crippen molar-refractivity contribution in [3.05, 3.63) is 17.8 Å². The van der Waals surface area contributed by atoms with E-state index in [4.69, 9.17) is 0 Å². The number of rotatable bonds is 5. The van der Waals surface area contributed by atoms with Crippen molar-refractivity contribution >= 4 is 11.6 Å². The number of ketones is 1. The first-order valence-corrected chi connectivity index (χ1v) is 5.52. The number of anilines is 1. The smallest absolute Gasteiger partial charge is 0.151 e. The fraction of sp³-hybridized carbons (Fsp3) is 0.583. The molecule has 4 nitrogen and oxygen atoms in total. The second-order valence-electron chi connectivity index (χ2n) is 4.54. The number of aromatic nitrogens is 2. The van der Waals surface area contributed by atoms with Crippen LogP contribution >= 0.6 is 0 Å². The Morgan fingerprint density at radius 2 is 2.06 bits per heavy atom. The Kier molecular flexibility index (Phi) is 4.40. The van der Waals surface area contributed by atoms with Crippen LogP contribution in [0.15, 0.2) is 12.1 Å². The molecular weight excluding hydrogens is 202 g/mol. The molecule has 0 aromatic carbocycles. The van der Waals surface area contributed by atoms with Crippen molar-refractivity contribution in [1.82, 2.24) is 10.2 Å². The summed E-state index contributed by atoms with van der Waals surface area (Å²) in [5.74, 6) is 1.44. The fourth-order valence-corrected chi connectivity index (χ4v) is 1.50. The highest BCUT2D eigenvalue weighted by molar-refractivity contribution is 5.80. The zero-order chi connectivity index (χ0) is 12.1. The number of carbonyl (C=O) groups excluding carboxylic acids is 1. The van der Waals surface area contributed by atoms with Crippen LogP contribution in [-0.2, 0) is 11.2 Å². The monoisotopic (exact) mass is 221 g/mol. The summed E-state index contributed by atoms with van der Waals surface area (Å²) >= 11 is 0. The SMILES string of the molecule is CC(=O)CN(C)c1ccc(CC(C)C)nn1. The van der Waals surface area contributed by atoms with Crippen LogP contribution in [0.1, 0.15) is 26.5 Å². The lowest BCUT2D eigenvalue weighted by Gasteiger charge is -2.15. The highest BCUT2D eigenvalue weighted by Crippen LogP contribution is 2.09. The van der Waals surface area contributed by atoms with Gasteiger partial charge in [0.05, 0.1) is 12.2 Å². The van der Waals surface area contributed by atoms with Crippen LogP contribution in [0.5, 0.6) is 0 Å². The Morgan fingerprint density at radius 1 is 1.38 bits per heavy atom. The van der Waals surface area contributed by atoms with Gasteiger partial charge in [0.15, 0.2) is 5.82 Å². The maximum atomic E-state index is 11.0. The first-order valence-electron chi connectivity index (χ1n) is 5.52. The van der Waals surface area contributed by atoms with Crippen LogP contribution in [0.4, 0.5) is 5.82 Å². The van der Waals surface area contributed by atoms with E-state index in [1.165, 1.54) is 0 Å². The van der Waals surface area contributed by atoms with Crippen LogP contribution in [0.2, 0.25) is 0 Å². The van der Waals surface area contributed by atoms with E-state index >= 15 is 0 Å². The van der Waals surface area contributed by atoms with Gasteiger partial charge in [0.1, 0.15) is 5.78 Å². The maximum Gasteiger partial charge on any atom is 0.151 e. The first kappa shape index (κ1) is 12.6. The molecule has 1 aromatic heterocycles. The summed E-state index contributed by atoms with van der Waals surface area (Å²) < 4.78 is 0. The average Bonchev–Trinajstić information content (AvgIpc) is 2.16. The second kappa shape index (κ2) is 5.58. The fourth-order valence-electron chi connectivity index (χ4n) is 1.50. The van der Waals surface area contributed by atoms with E-state index in [-0.39, 0.29) is 5.78 Å². The van der Waals surface area contributed by atoms with Crippen LogP contribution in [0.3, 0.4) is 0 Å². The van der Waals surface area contributed by atoms with E-state index in [1.807, 2.05) is 19.2 Å². The summed E-state index contributed by atoms with van der Waals surface area (Å²) in [7, 11) is 1.84. The topological polar surface area (TPSA) is 46.1 Å². The summed E-state index contributed by atoms with van der Waals surface area (Å²) in [5, 5.41) is 8.25. The van der Waals surface area contributed by atoms with E-state index in [9.17, 15) is 4.79 Å². The van der Waals surface area contributed by atoms with E-state index in [0.29, 0.717) is 12.5 Å². The lowest BCUT2D eigenvalue weighted by atomic mass is 10.1. The Morgan fingerprint density at radius 3 is 2.50 bits per heavy atom. The summed E-state index contributed by atoms with van der Waals surface area (Å²) in [5.41, 5.74) is 0.995. The summed E-state index contributed by atoms with van der Waals surface area (Å²) in [6.07, 6.45) is 0.934. The first-order chi connectivity index (χ1) is 7.49. The molecular formula is C12H19N3O. The van der Waals surface area contributed by atoms with Crippen molar-refractivity contribution < 1.29 is 4.79 Å². The number of carbonyl (C=O) groups is 1. The highest BCUT2D eigenvalue weighted by Gasteiger charge is 2.06. The molecule has 0 bridgehead atoms. The van der Waals surface area contributed by atoms with Crippen LogP contribution in [0.25, 0.3) is 0 Å². The lowest BCUT2D eigenvalue weighted by Crippen LogP contribution is -2.25. The Hall–Kier alpha value is -1.45. The van der Waals surface area contributed by atoms with Crippen molar-refractivity contribution in [2.45, 2.75) is 27.2 Å². The molecule has 0 aliphatic carbocycles. The molecule has 0 unspecified atom stereocenters. The highest BCUT2D eigenvalue weighted by atomic mass is 16.1. The molecule has 1 rings (SSSR count). The summed E-state index contributed by atoms with van der Waals surface area (Å²) in [6, 6.07) is 3.88. The molecule has 1 aromatic rings. The Labute approximate surface area is 96.7 Å². The largest absolute Gasteiger partial charge is 0.351 e. The van der Waals surface area contributed by atoms with Crippen LogP contribution in [0, 0.1) is 5.92 Å². The van der Waals surface area contributed by atoms with E-state index in [2.05, 4.69) is 24.0 Å². The molecule has 1 heterocycles. The number of hydrogen-bond acceptors (Lipinski definition) is 4. The normalized spacial score (nSPS) is 10.6. The molecule has 16 heavy (non-hydrogen) atoms. The third-order valence-corrected chi connectivity index (χ3v) is 2.17. The van der Waals surface area contributed by atoms with Gasteiger partial charge >= 0.3 is 0 Å². The Balaban J connectivity index is 2.66. The van der Waals surface area contributed by atoms with Gasteiger partial charge in [-0.25, -0.2) is 0 Å². The second-order valence-corrected chi connectivity index (χ2v) is 4.54. The molecule has 0 amide bonds. The van der Waals surface area contributed by atoms with Crippen molar-refractivity contribution in [3.8, 4) is 0 Å². The van der Waals surface area contributed by atoms with Gasteiger partial charge in [-0.3, -0.25) is 4.79 Å². The van der Waals surface area contributed by atoms with Gasteiger partial charge in [-0.05, 0) is 31.4 Å². The van der Waals surface area contributed by atoms with Crippen molar-refractivity contribution in [3.63, 3.8) is 0 Å². The third kappa shape index (κ3) is 3.96. The molecule has 0 aliphatic heterocycles. The van der Waals surface area contributed by atoms with Crippen LogP contribution < -0.4 is 4.90 Å². The summed E-state index contributed by atoms with van der Waals surface area (Å²) in [6.45, 7) is 6.24. The number of nitrogens with zero attached hydrogens (tertiary/aromatic N) is 3. The number of likely N-dealkylation sites (N-methyl/N-ethyl adjacent to an activating group) is 1. The third-order valence-electron chi connectivity index (χ3n) is 2.17. The molecule has 4 heteroatoms. The lowest BCUT2D eigenvalue weighted by molar-refractivity contribution is -0.115. The zero-order valence-corrected chi connectivity index (χ0v) is 10.4. The predicted molar refractivity (Wildman–Crippen MR) is 64.5 cm³/mol. The number of Topliss-reactive ketones (excluding diaryl/α,β-unsaturated/α-hetero) is 1. The molecule has 0 saturated heterocycles. The maximum absolute atomic E-state index is 11.0. The molecule has 0 saturated carbocycles.